The number of halogens is 1. The average molecular weight is 248 g/mol. The average Bonchev–Trinajstić information content (AvgIpc) is 2.81. The van der Waals surface area contributed by atoms with E-state index in [1.807, 2.05) is 18.2 Å². The van der Waals surface area contributed by atoms with Gasteiger partial charge in [0.2, 0.25) is 5.91 Å². The maximum atomic E-state index is 11.6. The van der Waals surface area contributed by atoms with Crippen LogP contribution in [0.2, 0.25) is 5.02 Å². The van der Waals surface area contributed by atoms with Crippen LogP contribution in [0, 0.1) is 0 Å². The van der Waals surface area contributed by atoms with Gasteiger partial charge >= 0.3 is 0 Å². The first-order valence-corrected chi connectivity index (χ1v) is 5.88. The van der Waals surface area contributed by atoms with E-state index >= 15 is 0 Å². The normalized spacial score (nSPS) is 22.9. The lowest BCUT2D eigenvalue weighted by molar-refractivity contribution is -0.124. The molecule has 17 heavy (non-hydrogen) atoms. The number of hydrogen-bond donors (Lipinski definition) is 1. The van der Waals surface area contributed by atoms with Gasteiger partial charge in [-0.15, -0.1) is 0 Å². The fraction of sp³-hybridized carbons (Fsp3) is 0.231. The lowest BCUT2D eigenvalue weighted by atomic mass is 10.0. The summed E-state index contributed by atoms with van der Waals surface area (Å²) >= 11 is 5.93. The highest BCUT2D eigenvalue weighted by Crippen LogP contribution is 2.37. The topological polar surface area (TPSA) is 46.2 Å². The van der Waals surface area contributed by atoms with Crippen LogP contribution in [0.25, 0.3) is 5.57 Å². The maximum Gasteiger partial charge on any atom is 0.254 e. The predicted molar refractivity (Wildman–Crippen MR) is 64.5 cm³/mol. The van der Waals surface area contributed by atoms with Crippen molar-refractivity contribution in [3.8, 4) is 0 Å². The van der Waals surface area contributed by atoms with Gasteiger partial charge in [-0.1, -0.05) is 17.7 Å². The Kier molecular flexibility index (Phi) is 2.30. The number of aryl methyl sites for hydroxylation is 1. The van der Waals surface area contributed by atoms with Crippen molar-refractivity contribution in [1.82, 2.24) is 5.32 Å². The molecule has 0 aromatic heterocycles. The van der Waals surface area contributed by atoms with E-state index in [1.165, 1.54) is 0 Å². The van der Waals surface area contributed by atoms with Crippen LogP contribution in [-0.2, 0) is 16.0 Å². The van der Waals surface area contributed by atoms with Crippen molar-refractivity contribution in [2.75, 3.05) is 0 Å². The quantitative estimate of drug-likeness (QED) is 0.564. The summed E-state index contributed by atoms with van der Waals surface area (Å²) in [7, 11) is 0. The van der Waals surface area contributed by atoms with E-state index < -0.39 is 0 Å². The number of allylic oxidation sites excluding steroid dienone is 1. The fourth-order valence-corrected chi connectivity index (χ4v) is 2.70. The maximum absolute atomic E-state index is 11.6. The van der Waals surface area contributed by atoms with Crippen molar-refractivity contribution in [1.29, 1.82) is 0 Å². The number of fused-ring (bicyclic) bond motifs is 1. The molecule has 1 aromatic rings. The third kappa shape index (κ3) is 1.67. The molecule has 0 spiro atoms. The molecule has 0 unspecified atom stereocenters. The summed E-state index contributed by atoms with van der Waals surface area (Å²) in [4.78, 5) is 22.8. The van der Waals surface area contributed by atoms with Crippen molar-refractivity contribution in [2.24, 2.45) is 0 Å². The molecule has 2 amide bonds. The highest BCUT2D eigenvalue weighted by Gasteiger charge is 2.30. The molecule has 1 aromatic carbocycles. The van der Waals surface area contributed by atoms with E-state index in [-0.39, 0.29) is 18.2 Å². The molecular weight excluding hydrogens is 238 g/mol. The van der Waals surface area contributed by atoms with E-state index in [4.69, 9.17) is 11.6 Å². The van der Waals surface area contributed by atoms with Crippen LogP contribution in [0.3, 0.4) is 0 Å². The summed E-state index contributed by atoms with van der Waals surface area (Å²) in [5.74, 6) is -0.451. The summed E-state index contributed by atoms with van der Waals surface area (Å²) in [5, 5.41) is 3.03. The van der Waals surface area contributed by atoms with Gasteiger partial charge in [0.1, 0.15) is 0 Å². The van der Waals surface area contributed by atoms with E-state index in [0.29, 0.717) is 10.6 Å². The van der Waals surface area contributed by atoms with Crippen molar-refractivity contribution in [3.63, 3.8) is 0 Å². The minimum atomic E-state index is -0.243. The minimum Gasteiger partial charge on any atom is -0.292 e. The number of nitrogens with one attached hydrogen (secondary N) is 1. The Morgan fingerprint density at radius 2 is 1.94 bits per heavy atom. The third-order valence-corrected chi connectivity index (χ3v) is 3.50. The first-order chi connectivity index (χ1) is 8.15. The van der Waals surface area contributed by atoms with Crippen LogP contribution in [0.15, 0.2) is 23.8 Å². The molecule has 0 bridgehead atoms. The van der Waals surface area contributed by atoms with Crippen LogP contribution in [0.1, 0.15) is 24.0 Å². The van der Waals surface area contributed by atoms with Gasteiger partial charge in [0.15, 0.2) is 0 Å². The van der Waals surface area contributed by atoms with Crippen LogP contribution in [0.5, 0.6) is 0 Å². The van der Waals surface area contributed by atoms with Gasteiger partial charge in [0.25, 0.3) is 5.91 Å². The first kappa shape index (κ1) is 10.5. The van der Waals surface area contributed by atoms with Crippen molar-refractivity contribution in [3.05, 3.63) is 39.9 Å². The molecule has 3 nitrogen and oxygen atoms in total. The second-order valence-electron chi connectivity index (χ2n) is 4.31. The Hall–Kier alpha value is -1.61. The molecule has 0 radical (unpaired) electrons. The Morgan fingerprint density at radius 1 is 1.12 bits per heavy atom. The lowest BCUT2D eigenvalue weighted by Gasteiger charge is -2.03. The number of imide groups is 1. The summed E-state index contributed by atoms with van der Waals surface area (Å²) in [6, 6.07) is 5.68. The Bertz CT molecular complexity index is 575. The Labute approximate surface area is 103 Å². The predicted octanol–water partition coefficient (Wildman–Crippen LogP) is 2.09. The van der Waals surface area contributed by atoms with E-state index in [9.17, 15) is 9.59 Å². The molecular formula is C13H10ClNO2. The fourth-order valence-electron chi connectivity index (χ4n) is 2.50. The number of benzene rings is 1. The second-order valence-corrected chi connectivity index (χ2v) is 4.75. The highest BCUT2D eigenvalue weighted by atomic mass is 35.5. The Morgan fingerprint density at radius 3 is 2.65 bits per heavy atom. The standard InChI is InChI=1S/C13H10ClNO2/c14-8-2-4-9-7(5-8)1-3-10(9)11-6-12(16)15-13(11)17/h2,4-5H,1,3,6H2,(H,15,16,17)/b11-10-. The largest absolute Gasteiger partial charge is 0.292 e. The van der Waals surface area contributed by atoms with Gasteiger partial charge in [-0.25, -0.2) is 0 Å². The van der Waals surface area contributed by atoms with Gasteiger partial charge in [-0.05, 0) is 41.7 Å². The first-order valence-electron chi connectivity index (χ1n) is 5.50. The molecule has 2 aliphatic rings. The summed E-state index contributed by atoms with van der Waals surface area (Å²) < 4.78 is 0. The SMILES string of the molecule is O=C1C/C(=C2\CCc3cc(Cl)ccc32)C(=O)N1. The molecule has 1 aliphatic heterocycles. The highest BCUT2D eigenvalue weighted by molar-refractivity contribution is 6.30. The Balaban J connectivity index is 2.12. The number of amides is 2. The molecule has 1 fully saturated rings. The van der Waals surface area contributed by atoms with E-state index in [2.05, 4.69) is 5.32 Å². The van der Waals surface area contributed by atoms with Gasteiger partial charge in [0.05, 0.1) is 6.42 Å². The summed E-state index contributed by atoms with van der Waals surface area (Å²) in [5.41, 5.74) is 3.84. The second kappa shape index (κ2) is 3.70. The van der Waals surface area contributed by atoms with Crippen LogP contribution in [-0.4, -0.2) is 11.8 Å². The third-order valence-electron chi connectivity index (χ3n) is 3.27. The summed E-state index contributed by atoms with van der Waals surface area (Å²) in [6.07, 6.45) is 1.90. The number of hydrogen-bond acceptors (Lipinski definition) is 2. The molecule has 1 aliphatic carbocycles. The smallest absolute Gasteiger partial charge is 0.254 e. The van der Waals surface area contributed by atoms with Crippen molar-refractivity contribution >= 4 is 29.0 Å². The molecule has 1 N–H and O–H groups in total. The lowest BCUT2D eigenvalue weighted by Crippen LogP contribution is -2.19. The van der Waals surface area contributed by atoms with Gasteiger partial charge < -0.3 is 0 Å². The van der Waals surface area contributed by atoms with Crippen LogP contribution in [0.4, 0.5) is 0 Å². The van der Waals surface area contributed by atoms with Gasteiger partial charge in [-0.3, -0.25) is 14.9 Å². The van der Waals surface area contributed by atoms with Crippen molar-refractivity contribution in [2.45, 2.75) is 19.3 Å². The van der Waals surface area contributed by atoms with Gasteiger partial charge in [0, 0.05) is 10.6 Å². The molecule has 3 rings (SSSR count). The summed E-state index contributed by atoms with van der Waals surface area (Å²) in [6.45, 7) is 0. The zero-order chi connectivity index (χ0) is 12.0. The zero-order valence-electron chi connectivity index (χ0n) is 9.05. The number of carbonyl (C=O) groups excluding carboxylic acids is 2. The van der Waals surface area contributed by atoms with Crippen molar-refractivity contribution < 1.29 is 9.59 Å². The van der Waals surface area contributed by atoms with Gasteiger partial charge in [-0.2, -0.15) is 0 Å². The monoisotopic (exact) mass is 247 g/mol. The minimum absolute atomic E-state index is 0.205. The molecule has 86 valence electrons. The molecule has 0 atom stereocenters. The van der Waals surface area contributed by atoms with E-state index in [0.717, 1.165) is 29.5 Å². The zero-order valence-corrected chi connectivity index (χ0v) is 9.80. The van der Waals surface area contributed by atoms with Crippen LogP contribution >= 0.6 is 11.6 Å². The molecule has 0 saturated carbocycles. The molecule has 1 heterocycles. The molecule has 1 saturated heterocycles. The number of carbonyl (C=O) groups is 2. The van der Waals surface area contributed by atoms with Crippen LogP contribution < -0.4 is 5.32 Å². The number of rotatable bonds is 0. The van der Waals surface area contributed by atoms with E-state index in [1.54, 1.807) is 0 Å². The molecule has 4 heteroatoms.